The summed E-state index contributed by atoms with van der Waals surface area (Å²) >= 11 is -1.19. The molecule has 1 atom stereocenters. The van der Waals surface area contributed by atoms with Crippen molar-refractivity contribution < 1.29 is 4.55 Å². The minimum atomic E-state index is -1.19. The van der Waals surface area contributed by atoms with Gasteiger partial charge in [0.25, 0.3) is 0 Å². The van der Waals surface area contributed by atoms with Crippen LogP contribution in [0.4, 0.5) is 0 Å². The smallest absolute Gasteiger partial charge is 0.322 e. The molecule has 5 heteroatoms. The lowest BCUT2D eigenvalue weighted by molar-refractivity contribution is 0.587. The van der Waals surface area contributed by atoms with Crippen molar-refractivity contribution in [3.63, 3.8) is 0 Å². The van der Waals surface area contributed by atoms with Gasteiger partial charge in [0.05, 0.1) is 11.7 Å². The Morgan fingerprint density at radius 2 is 1.90 bits per heavy atom. The quantitative estimate of drug-likeness (QED) is 0.755. The van der Waals surface area contributed by atoms with E-state index >= 15 is 0 Å². The van der Waals surface area contributed by atoms with Crippen LogP contribution < -0.4 is 0 Å². The second-order valence-electron chi connectivity index (χ2n) is 5.30. The van der Waals surface area contributed by atoms with Crippen LogP contribution in [-0.4, -0.2) is 19.5 Å². The normalized spacial score (nSPS) is 12.8. The van der Waals surface area contributed by atoms with E-state index in [0.717, 1.165) is 16.6 Å². The molecule has 2 aromatic heterocycles. The summed E-state index contributed by atoms with van der Waals surface area (Å²) in [7, 11) is 0. The Bertz CT molecular complexity index is 741. The van der Waals surface area contributed by atoms with Crippen molar-refractivity contribution in [1.29, 1.82) is 0 Å². The van der Waals surface area contributed by atoms with E-state index < -0.39 is 11.2 Å². The van der Waals surface area contributed by atoms with Crippen molar-refractivity contribution in [2.24, 2.45) is 0 Å². The van der Waals surface area contributed by atoms with Gasteiger partial charge in [0.1, 0.15) is 11.3 Å². The third-order valence-corrected chi connectivity index (χ3v) is 4.77. The molecule has 0 aliphatic rings. The molecule has 3 rings (SSSR count). The van der Waals surface area contributed by atoms with Crippen molar-refractivity contribution in [2.45, 2.75) is 31.7 Å². The van der Waals surface area contributed by atoms with E-state index in [0.29, 0.717) is 10.9 Å². The summed E-state index contributed by atoms with van der Waals surface area (Å²) in [6.07, 6.45) is 3.37. The Kier molecular flexibility index (Phi) is 3.69. The summed E-state index contributed by atoms with van der Waals surface area (Å²) in [5, 5.41) is 0.511. The van der Waals surface area contributed by atoms with Gasteiger partial charge in [-0.2, -0.15) is 4.98 Å². The van der Waals surface area contributed by atoms with Gasteiger partial charge >= 0.3 is 5.16 Å². The zero-order chi connectivity index (χ0) is 15.0. The number of hydrogen-bond donors (Lipinski definition) is 1. The molecule has 0 spiro atoms. The van der Waals surface area contributed by atoms with Crippen LogP contribution in [-0.2, 0) is 16.9 Å². The highest BCUT2D eigenvalue weighted by atomic mass is 32.2. The lowest BCUT2D eigenvalue weighted by Gasteiger charge is -2.13. The van der Waals surface area contributed by atoms with Crippen molar-refractivity contribution in [3.05, 3.63) is 52.8 Å². The van der Waals surface area contributed by atoms with Gasteiger partial charge in [-0.15, -0.1) is 0 Å². The number of aryl methyl sites for hydroxylation is 3. The maximum atomic E-state index is 12.6. The standard InChI is InChI=1S/C16H17N3OS/c1-10-6-11(2)13(12(3)7-10)9-21(20)16-18-14-4-5-17-8-15(14)19-16/h4-8H,9H2,1-3H3,(H,18,19). The van der Waals surface area contributed by atoms with Crippen LogP contribution in [0.25, 0.3) is 11.0 Å². The maximum absolute atomic E-state index is 12.6. The molecule has 21 heavy (non-hydrogen) atoms. The molecule has 0 aliphatic heterocycles. The lowest BCUT2D eigenvalue weighted by Crippen LogP contribution is -2.09. The van der Waals surface area contributed by atoms with Crippen molar-refractivity contribution in [3.8, 4) is 0 Å². The molecule has 0 amide bonds. The number of imidazole rings is 1. The number of H-pyrrole nitrogens is 1. The topological polar surface area (TPSA) is 64.6 Å². The molecule has 0 bridgehead atoms. The highest BCUT2D eigenvalue weighted by molar-refractivity contribution is 7.90. The summed E-state index contributed by atoms with van der Waals surface area (Å²) in [4.78, 5) is 11.5. The van der Waals surface area contributed by atoms with E-state index in [9.17, 15) is 4.55 Å². The molecule has 0 aliphatic carbocycles. The molecule has 1 aromatic carbocycles. The number of aromatic nitrogens is 3. The average Bonchev–Trinajstić information content (AvgIpc) is 2.86. The second-order valence-corrected chi connectivity index (χ2v) is 6.67. The lowest BCUT2D eigenvalue weighted by atomic mass is 10.0. The monoisotopic (exact) mass is 299 g/mol. The second kappa shape index (κ2) is 5.50. The molecule has 0 saturated carbocycles. The van der Waals surface area contributed by atoms with Crippen LogP contribution in [0, 0.1) is 20.8 Å². The fourth-order valence-corrected chi connectivity index (χ4v) is 3.86. The first-order valence-corrected chi connectivity index (χ1v) is 8.11. The number of nitrogens with zero attached hydrogens (tertiary/aromatic N) is 2. The number of aromatic amines is 1. The van der Waals surface area contributed by atoms with Crippen molar-refractivity contribution >= 4 is 22.2 Å². The van der Waals surface area contributed by atoms with E-state index in [1.807, 2.05) is 6.07 Å². The molecule has 4 nitrogen and oxygen atoms in total. The van der Waals surface area contributed by atoms with Crippen LogP contribution in [0.1, 0.15) is 22.3 Å². The number of hydrogen-bond acceptors (Lipinski definition) is 3. The Labute approximate surface area is 126 Å². The minimum Gasteiger partial charge on any atom is -0.609 e. The number of rotatable bonds is 3. The predicted molar refractivity (Wildman–Crippen MR) is 84.7 cm³/mol. The van der Waals surface area contributed by atoms with Gasteiger partial charge in [-0.25, -0.2) is 0 Å². The molecular weight excluding hydrogens is 282 g/mol. The molecule has 0 saturated heterocycles. The van der Waals surface area contributed by atoms with Gasteiger partial charge in [-0.05, 0) is 38.0 Å². The molecule has 1 N–H and O–H groups in total. The molecule has 0 fully saturated rings. The molecule has 2 heterocycles. The predicted octanol–water partition coefficient (Wildman–Crippen LogP) is 3.19. The first-order valence-electron chi connectivity index (χ1n) is 6.79. The van der Waals surface area contributed by atoms with Gasteiger partial charge in [-0.3, -0.25) is 9.97 Å². The fraction of sp³-hybridized carbons (Fsp3) is 0.250. The van der Waals surface area contributed by atoms with E-state index in [1.54, 1.807) is 12.4 Å². The van der Waals surface area contributed by atoms with Gasteiger partial charge in [0, 0.05) is 22.9 Å². The zero-order valence-corrected chi connectivity index (χ0v) is 13.1. The molecular formula is C16H17N3OS. The molecule has 1 unspecified atom stereocenters. The van der Waals surface area contributed by atoms with E-state index in [2.05, 4.69) is 47.9 Å². The first-order chi connectivity index (χ1) is 10.0. The fourth-order valence-electron chi connectivity index (χ4n) is 2.58. The van der Waals surface area contributed by atoms with Gasteiger partial charge < -0.3 is 4.55 Å². The Hall–Kier alpha value is -1.85. The van der Waals surface area contributed by atoms with Crippen LogP contribution >= 0.6 is 0 Å². The summed E-state index contributed by atoms with van der Waals surface area (Å²) in [5.74, 6) is 0.477. The molecule has 0 radical (unpaired) electrons. The van der Waals surface area contributed by atoms with Crippen LogP contribution in [0.3, 0.4) is 0 Å². The SMILES string of the molecule is Cc1cc(C)c(C[S+]([O-])c2nc3cnccc3[nH]2)c(C)c1. The summed E-state index contributed by atoms with van der Waals surface area (Å²) in [6, 6.07) is 6.09. The maximum Gasteiger partial charge on any atom is 0.322 e. The average molecular weight is 299 g/mol. The van der Waals surface area contributed by atoms with Crippen molar-refractivity contribution in [1.82, 2.24) is 15.0 Å². The molecule has 3 aromatic rings. The third-order valence-electron chi connectivity index (χ3n) is 3.60. The molecule has 108 valence electrons. The summed E-state index contributed by atoms with van der Waals surface area (Å²) in [6.45, 7) is 6.21. The number of pyridine rings is 1. The first kappa shape index (κ1) is 14.1. The van der Waals surface area contributed by atoms with Crippen molar-refractivity contribution in [2.75, 3.05) is 0 Å². The number of benzene rings is 1. The number of nitrogens with one attached hydrogen (secondary N) is 1. The summed E-state index contributed by atoms with van der Waals surface area (Å²) < 4.78 is 12.6. The number of fused-ring (bicyclic) bond motifs is 1. The Morgan fingerprint density at radius 1 is 1.19 bits per heavy atom. The van der Waals surface area contributed by atoms with Gasteiger partial charge in [0.2, 0.25) is 0 Å². The van der Waals surface area contributed by atoms with Crippen LogP contribution in [0.15, 0.2) is 35.7 Å². The highest BCUT2D eigenvalue weighted by Gasteiger charge is 2.19. The third kappa shape index (κ3) is 2.80. The van der Waals surface area contributed by atoms with Crippen LogP contribution in [0.2, 0.25) is 0 Å². The van der Waals surface area contributed by atoms with Crippen LogP contribution in [0.5, 0.6) is 0 Å². The highest BCUT2D eigenvalue weighted by Crippen LogP contribution is 2.22. The van der Waals surface area contributed by atoms with E-state index in [-0.39, 0.29) is 0 Å². The summed E-state index contributed by atoms with van der Waals surface area (Å²) in [5.41, 5.74) is 6.34. The van der Waals surface area contributed by atoms with E-state index in [1.165, 1.54) is 16.7 Å². The largest absolute Gasteiger partial charge is 0.609 e. The van der Waals surface area contributed by atoms with Gasteiger partial charge in [0.15, 0.2) is 0 Å². The van der Waals surface area contributed by atoms with Gasteiger partial charge in [-0.1, -0.05) is 17.7 Å². The van der Waals surface area contributed by atoms with E-state index in [4.69, 9.17) is 0 Å². The Balaban J connectivity index is 1.91. The minimum absolute atomic E-state index is 0.477. The Morgan fingerprint density at radius 3 is 2.57 bits per heavy atom. The zero-order valence-electron chi connectivity index (χ0n) is 12.3.